The van der Waals surface area contributed by atoms with Crippen LogP contribution >= 0.6 is 0 Å². The summed E-state index contributed by atoms with van der Waals surface area (Å²) in [5.41, 5.74) is 0. The molecule has 0 amide bonds. The number of carbonyl (C=O) groups excluding carboxylic acids is 1. The highest BCUT2D eigenvalue weighted by atomic mass is 16.5. The number of carboxylic acids is 1. The summed E-state index contributed by atoms with van der Waals surface area (Å²) in [4.78, 5) is 22.9. The normalized spacial score (nSPS) is 12.3. The molecule has 0 spiro atoms. The molecule has 188 valence electrons. The Morgan fingerprint density at radius 3 is 1.62 bits per heavy atom. The molecule has 0 aromatic heterocycles. The fourth-order valence-corrected chi connectivity index (χ4v) is 3.96. The van der Waals surface area contributed by atoms with Crippen LogP contribution in [0.2, 0.25) is 0 Å². The third kappa shape index (κ3) is 21.9. The van der Waals surface area contributed by atoms with Crippen LogP contribution in [-0.4, -0.2) is 23.7 Å². The highest BCUT2D eigenvalue weighted by molar-refractivity contribution is 5.78. The zero-order valence-electron chi connectivity index (χ0n) is 21.3. The number of aliphatic carboxylic acids is 1. The summed E-state index contributed by atoms with van der Waals surface area (Å²) in [6.45, 7) is 4.57. The quantitative estimate of drug-likeness (QED) is 0.0904. The predicted octanol–water partition coefficient (Wildman–Crippen LogP) is 8.63. The first-order chi connectivity index (χ1) is 15.6. The summed E-state index contributed by atoms with van der Waals surface area (Å²) >= 11 is 0. The van der Waals surface area contributed by atoms with Crippen LogP contribution in [0, 0.1) is 5.92 Å². The maximum Gasteiger partial charge on any atom is 0.307 e. The van der Waals surface area contributed by atoms with Gasteiger partial charge in [0, 0.05) is 0 Å². The van der Waals surface area contributed by atoms with Crippen LogP contribution in [0.15, 0.2) is 12.2 Å². The Balaban J connectivity index is 3.46. The van der Waals surface area contributed by atoms with Gasteiger partial charge in [0.2, 0.25) is 0 Å². The minimum absolute atomic E-state index is 0.0158. The van der Waals surface area contributed by atoms with E-state index in [9.17, 15) is 14.7 Å². The van der Waals surface area contributed by atoms with Crippen molar-refractivity contribution in [1.82, 2.24) is 0 Å². The molecule has 0 aliphatic rings. The van der Waals surface area contributed by atoms with Crippen LogP contribution in [0.1, 0.15) is 142 Å². The molecule has 0 saturated heterocycles. The monoisotopic (exact) mass is 452 g/mol. The van der Waals surface area contributed by atoms with E-state index >= 15 is 0 Å². The fraction of sp³-hybridized carbons (Fsp3) is 0.857. The Bertz CT molecular complexity index is 458. The van der Waals surface area contributed by atoms with Gasteiger partial charge in [0.1, 0.15) is 0 Å². The summed E-state index contributed by atoms with van der Waals surface area (Å²) < 4.78 is 5.00. The first kappa shape index (κ1) is 30.7. The van der Waals surface area contributed by atoms with E-state index in [1.165, 1.54) is 89.9 Å². The average molecular weight is 453 g/mol. The predicted molar refractivity (Wildman–Crippen MR) is 135 cm³/mol. The van der Waals surface area contributed by atoms with Gasteiger partial charge in [-0.3, -0.25) is 9.59 Å². The molecule has 32 heavy (non-hydrogen) atoms. The lowest BCUT2D eigenvalue weighted by Gasteiger charge is -2.11. The van der Waals surface area contributed by atoms with Crippen molar-refractivity contribution in [1.29, 1.82) is 0 Å². The molecular weight excluding hydrogens is 400 g/mol. The van der Waals surface area contributed by atoms with Gasteiger partial charge in [0.25, 0.3) is 0 Å². The summed E-state index contributed by atoms with van der Waals surface area (Å²) in [7, 11) is 0. The summed E-state index contributed by atoms with van der Waals surface area (Å²) in [5.74, 6) is -1.92. The zero-order valence-corrected chi connectivity index (χ0v) is 21.3. The SMILES string of the molecule is CCCCCCCCCCCCCCCC/C=C/CCCC(CC(=O)OCCC)C(=O)O. The van der Waals surface area contributed by atoms with E-state index in [2.05, 4.69) is 19.1 Å². The molecule has 0 aromatic rings. The third-order valence-electron chi connectivity index (χ3n) is 6.04. The van der Waals surface area contributed by atoms with Crippen molar-refractivity contribution < 1.29 is 19.4 Å². The first-order valence-corrected chi connectivity index (χ1v) is 13.6. The van der Waals surface area contributed by atoms with E-state index in [1.807, 2.05) is 6.92 Å². The van der Waals surface area contributed by atoms with Crippen LogP contribution in [0.4, 0.5) is 0 Å². The van der Waals surface area contributed by atoms with Crippen LogP contribution in [0.5, 0.6) is 0 Å². The lowest BCUT2D eigenvalue weighted by atomic mass is 9.98. The molecule has 0 rings (SSSR count). The molecule has 4 nitrogen and oxygen atoms in total. The van der Waals surface area contributed by atoms with Crippen molar-refractivity contribution in [2.45, 2.75) is 142 Å². The third-order valence-corrected chi connectivity index (χ3v) is 6.04. The molecule has 0 aliphatic heterocycles. The molecule has 4 heteroatoms. The molecule has 1 atom stereocenters. The van der Waals surface area contributed by atoms with Crippen molar-refractivity contribution in [3.05, 3.63) is 12.2 Å². The van der Waals surface area contributed by atoms with Crippen molar-refractivity contribution in [2.24, 2.45) is 5.92 Å². The number of carboxylic acid groups (broad SMARTS) is 1. The number of allylic oxidation sites excluding steroid dienone is 2. The standard InChI is InChI=1S/C28H52O4/c1-3-5-6-7-8-9-10-11-12-13-14-15-16-17-18-19-20-21-22-23-26(28(30)31)25-27(29)32-24-4-2/h19-20,26H,3-18,21-25H2,1-2H3,(H,30,31)/b20-19+. The lowest BCUT2D eigenvalue weighted by molar-refractivity contribution is -0.151. The van der Waals surface area contributed by atoms with E-state index in [-0.39, 0.29) is 6.42 Å². The zero-order chi connectivity index (χ0) is 23.7. The van der Waals surface area contributed by atoms with Gasteiger partial charge in [-0.15, -0.1) is 0 Å². The van der Waals surface area contributed by atoms with Crippen LogP contribution in [-0.2, 0) is 14.3 Å². The minimum Gasteiger partial charge on any atom is -0.481 e. The second-order valence-corrected chi connectivity index (χ2v) is 9.25. The average Bonchev–Trinajstić information content (AvgIpc) is 2.78. The molecule has 0 aliphatic carbocycles. The molecule has 0 saturated carbocycles. The number of esters is 1. The molecular formula is C28H52O4. The Morgan fingerprint density at radius 2 is 1.16 bits per heavy atom. The van der Waals surface area contributed by atoms with Gasteiger partial charge in [-0.2, -0.15) is 0 Å². The van der Waals surface area contributed by atoms with Crippen LogP contribution in [0.3, 0.4) is 0 Å². The highest BCUT2D eigenvalue weighted by Gasteiger charge is 2.21. The Hall–Kier alpha value is -1.32. The second kappa shape index (κ2) is 24.3. The summed E-state index contributed by atoms with van der Waals surface area (Å²) in [5, 5.41) is 9.27. The molecule has 0 radical (unpaired) electrons. The minimum atomic E-state index is -0.898. The Morgan fingerprint density at radius 1 is 0.688 bits per heavy atom. The molecule has 0 fully saturated rings. The fourth-order valence-electron chi connectivity index (χ4n) is 3.96. The van der Waals surface area contributed by atoms with E-state index < -0.39 is 17.9 Å². The summed E-state index contributed by atoms with van der Waals surface area (Å²) in [6.07, 6.45) is 27.8. The maximum atomic E-state index is 11.6. The molecule has 1 unspecified atom stereocenters. The van der Waals surface area contributed by atoms with E-state index in [1.54, 1.807) is 0 Å². The molecule has 0 bridgehead atoms. The van der Waals surface area contributed by atoms with E-state index in [0.29, 0.717) is 13.0 Å². The number of hydrogen-bond donors (Lipinski definition) is 1. The second-order valence-electron chi connectivity index (χ2n) is 9.25. The van der Waals surface area contributed by atoms with Gasteiger partial charge in [0.15, 0.2) is 0 Å². The Labute approximate surface area is 198 Å². The van der Waals surface area contributed by atoms with Gasteiger partial charge in [-0.05, 0) is 38.5 Å². The van der Waals surface area contributed by atoms with Gasteiger partial charge in [-0.25, -0.2) is 0 Å². The number of ether oxygens (including phenoxy) is 1. The first-order valence-electron chi connectivity index (χ1n) is 13.6. The summed E-state index contributed by atoms with van der Waals surface area (Å²) in [6, 6.07) is 0. The van der Waals surface area contributed by atoms with Gasteiger partial charge < -0.3 is 9.84 Å². The molecule has 0 heterocycles. The van der Waals surface area contributed by atoms with Gasteiger partial charge >= 0.3 is 11.9 Å². The highest BCUT2D eigenvalue weighted by Crippen LogP contribution is 2.16. The van der Waals surface area contributed by atoms with Crippen molar-refractivity contribution in [3.63, 3.8) is 0 Å². The number of carbonyl (C=O) groups is 2. The van der Waals surface area contributed by atoms with Crippen molar-refractivity contribution >= 4 is 11.9 Å². The Kier molecular flexibility index (Phi) is 23.3. The molecule has 1 N–H and O–H groups in total. The van der Waals surface area contributed by atoms with Gasteiger partial charge in [0.05, 0.1) is 18.9 Å². The van der Waals surface area contributed by atoms with Crippen molar-refractivity contribution in [3.8, 4) is 0 Å². The number of hydrogen-bond acceptors (Lipinski definition) is 3. The van der Waals surface area contributed by atoms with E-state index in [0.717, 1.165) is 25.7 Å². The lowest BCUT2D eigenvalue weighted by Crippen LogP contribution is -2.19. The van der Waals surface area contributed by atoms with Crippen LogP contribution < -0.4 is 0 Å². The smallest absolute Gasteiger partial charge is 0.307 e. The largest absolute Gasteiger partial charge is 0.481 e. The van der Waals surface area contributed by atoms with E-state index in [4.69, 9.17) is 4.74 Å². The van der Waals surface area contributed by atoms with Crippen molar-refractivity contribution in [2.75, 3.05) is 6.61 Å². The number of unbranched alkanes of at least 4 members (excludes halogenated alkanes) is 15. The maximum absolute atomic E-state index is 11.6. The topological polar surface area (TPSA) is 63.6 Å². The number of rotatable bonds is 24. The van der Waals surface area contributed by atoms with Crippen LogP contribution in [0.25, 0.3) is 0 Å². The van der Waals surface area contributed by atoms with Gasteiger partial charge in [-0.1, -0.05) is 109 Å². The molecule has 0 aromatic carbocycles.